The fourth-order valence-corrected chi connectivity index (χ4v) is 3.08. The Labute approximate surface area is 141 Å². The largest absolute Gasteiger partial charge is 0.495 e. The molecule has 0 aromatic heterocycles. The minimum absolute atomic E-state index is 0.149. The van der Waals surface area contributed by atoms with Gasteiger partial charge in [0.05, 0.1) is 12.8 Å². The van der Waals surface area contributed by atoms with Gasteiger partial charge in [0, 0.05) is 23.7 Å². The van der Waals surface area contributed by atoms with Gasteiger partial charge in [0.2, 0.25) is 0 Å². The van der Waals surface area contributed by atoms with E-state index in [1.54, 1.807) is 17.0 Å². The molecule has 6 heteroatoms. The average Bonchev–Trinajstić information content (AvgIpc) is 2.57. The Balaban J connectivity index is 2.15. The van der Waals surface area contributed by atoms with Crippen LogP contribution in [0.1, 0.15) is 38.2 Å². The first-order chi connectivity index (χ1) is 11.0. The predicted octanol–water partition coefficient (Wildman–Crippen LogP) is 3.39. The van der Waals surface area contributed by atoms with Crippen LogP contribution in [0.2, 0.25) is 5.02 Å². The van der Waals surface area contributed by atoms with Crippen molar-refractivity contribution in [2.24, 2.45) is 0 Å². The van der Waals surface area contributed by atoms with Gasteiger partial charge in [-0.2, -0.15) is 0 Å². The zero-order valence-corrected chi connectivity index (χ0v) is 14.6. The third-order valence-electron chi connectivity index (χ3n) is 4.28. The van der Waals surface area contributed by atoms with Gasteiger partial charge in [-0.1, -0.05) is 18.5 Å². The molecule has 1 aliphatic heterocycles. The highest BCUT2D eigenvalue weighted by Crippen LogP contribution is 2.31. The smallest absolute Gasteiger partial charge is 0.314 e. The van der Waals surface area contributed by atoms with Crippen molar-refractivity contribution in [2.75, 3.05) is 19.0 Å². The van der Waals surface area contributed by atoms with Crippen molar-refractivity contribution >= 4 is 29.1 Å². The van der Waals surface area contributed by atoms with Crippen molar-refractivity contribution in [3.63, 3.8) is 0 Å². The molecule has 1 unspecified atom stereocenters. The van der Waals surface area contributed by atoms with Crippen LogP contribution in [0.15, 0.2) is 12.1 Å². The van der Waals surface area contributed by atoms with E-state index in [0.717, 1.165) is 31.2 Å². The summed E-state index contributed by atoms with van der Waals surface area (Å²) in [5.41, 5.74) is 1.26. The fraction of sp³-hybridized carbons (Fsp3) is 0.529. The van der Waals surface area contributed by atoms with Crippen LogP contribution < -0.4 is 10.1 Å². The summed E-state index contributed by atoms with van der Waals surface area (Å²) >= 11 is 6.06. The van der Waals surface area contributed by atoms with Crippen LogP contribution in [-0.2, 0) is 9.59 Å². The number of carbonyl (C=O) groups excluding carboxylic acids is 2. The average molecular weight is 339 g/mol. The van der Waals surface area contributed by atoms with E-state index in [4.69, 9.17) is 16.3 Å². The molecule has 23 heavy (non-hydrogen) atoms. The maximum atomic E-state index is 12.5. The van der Waals surface area contributed by atoms with Gasteiger partial charge >= 0.3 is 11.8 Å². The number of anilines is 1. The number of benzene rings is 1. The van der Waals surface area contributed by atoms with Crippen molar-refractivity contribution in [2.45, 2.75) is 45.6 Å². The van der Waals surface area contributed by atoms with Crippen LogP contribution in [-0.4, -0.2) is 36.4 Å². The lowest BCUT2D eigenvalue weighted by molar-refractivity contribution is -0.145. The number of aryl methyl sites for hydroxylation is 1. The summed E-state index contributed by atoms with van der Waals surface area (Å²) in [5, 5.41) is 3.21. The second-order valence-corrected chi connectivity index (χ2v) is 6.22. The minimum Gasteiger partial charge on any atom is -0.495 e. The van der Waals surface area contributed by atoms with Crippen molar-refractivity contribution in [3.8, 4) is 5.75 Å². The first-order valence-corrected chi connectivity index (χ1v) is 8.31. The third-order valence-corrected chi connectivity index (χ3v) is 4.69. The molecule has 126 valence electrons. The molecule has 1 N–H and O–H groups in total. The number of halogens is 1. The summed E-state index contributed by atoms with van der Waals surface area (Å²) in [6, 6.07) is 3.49. The van der Waals surface area contributed by atoms with E-state index in [2.05, 4.69) is 5.32 Å². The highest BCUT2D eigenvalue weighted by atomic mass is 35.5. The summed E-state index contributed by atoms with van der Waals surface area (Å²) in [6.45, 7) is 4.51. The molecule has 1 heterocycles. The lowest BCUT2D eigenvalue weighted by Crippen LogP contribution is -2.48. The molecule has 0 radical (unpaired) electrons. The predicted molar refractivity (Wildman–Crippen MR) is 91.0 cm³/mol. The van der Waals surface area contributed by atoms with Gasteiger partial charge < -0.3 is 15.0 Å². The van der Waals surface area contributed by atoms with Gasteiger partial charge in [0.15, 0.2) is 0 Å². The van der Waals surface area contributed by atoms with Crippen LogP contribution in [0.3, 0.4) is 0 Å². The number of methoxy groups -OCH3 is 1. The first-order valence-electron chi connectivity index (χ1n) is 7.94. The lowest BCUT2D eigenvalue weighted by Gasteiger charge is -2.34. The molecule has 1 aromatic rings. The Kier molecular flexibility index (Phi) is 5.88. The van der Waals surface area contributed by atoms with Crippen molar-refractivity contribution in [1.82, 2.24) is 4.90 Å². The fourth-order valence-electron chi connectivity index (χ4n) is 2.93. The molecule has 1 fully saturated rings. The molecule has 1 aromatic carbocycles. The van der Waals surface area contributed by atoms with Gasteiger partial charge in [0.25, 0.3) is 0 Å². The zero-order chi connectivity index (χ0) is 17.0. The topological polar surface area (TPSA) is 58.6 Å². The molecule has 0 aliphatic carbocycles. The van der Waals surface area contributed by atoms with E-state index in [9.17, 15) is 9.59 Å². The van der Waals surface area contributed by atoms with E-state index >= 15 is 0 Å². The quantitative estimate of drug-likeness (QED) is 0.859. The van der Waals surface area contributed by atoms with Crippen molar-refractivity contribution < 1.29 is 14.3 Å². The zero-order valence-electron chi connectivity index (χ0n) is 13.8. The number of piperidine rings is 1. The van der Waals surface area contributed by atoms with Crippen LogP contribution in [0.25, 0.3) is 0 Å². The maximum absolute atomic E-state index is 12.5. The molecule has 0 saturated carbocycles. The van der Waals surface area contributed by atoms with Gasteiger partial charge in [-0.05, 0) is 44.2 Å². The number of hydrogen-bond donors (Lipinski definition) is 1. The summed E-state index contributed by atoms with van der Waals surface area (Å²) in [4.78, 5) is 26.5. The second kappa shape index (κ2) is 7.68. The van der Waals surface area contributed by atoms with Gasteiger partial charge in [0.1, 0.15) is 5.75 Å². The van der Waals surface area contributed by atoms with Gasteiger partial charge in [-0.25, -0.2) is 0 Å². The third kappa shape index (κ3) is 3.96. The van der Waals surface area contributed by atoms with E-state index in [1.807, 2.05) is 13.8 Å². The van der Waals surface area contributed by atoms with Gasteiger partial charge in [-0.3, -0.25) is 9.59 Å². The van der Waals surface area contributed by atoms with Crippen LogP contribution >= 0.6 is 11.6 Å². The molecule has 2 rings (SSSR count). The molecular weight excluding hydrogens is 316 g/mol. The first kappa shape index (κ1) is 17.6. The standard InChI is InChI=1S/C17H23ClN2O3/c1-4-12-7-5-6-8-20(12)17(22)16(21)19-14-9-11(2)13(18)10-15(14)23-3/h9-10,12H,4-8H2,1-3H3,(H,19,21). The Hall–Kier alpha value is -1.75. The number of likely N-dealkylation sites (tertiary alicyclic amines) is 1. The maximum Gasteiger partial charge on any atom is 0.314 e. The van der Waals surface area contributed by atoms with Crippen LogP contribution in [0.5, 0.6) is 5.75 Å². The number of amides is 2. The van der Waals surface area contributed by atoms with Gasteiger partial charge in [-0.15, -0.1) is 0 Å². The lowest BCUT2D eigenvalue weighted by atomic mass is 10.00. The number of carbonyl (C=O) groups is 2. The van der Waals surface area contributed by atoms with Crippen molar-refractivity contribution in [1.29, 1.82) is 0 Å². The molecule has 1 atom stereocenters. The number of ether oxygens (including phenoxy) is 1. The van der Waals surface area contributed by atoms with E-state index < -0.39 is 11.8 Å². The highest BCUT2D eigenvalue weighted by molar-refractivity contribution is 6.40. The SMILES string of the molecule is CCC1CCCCN1C(=O)C(=O)Nc1cc(C)c(Cl)cc1OC. The van der Waals surface area contributed by atoms with Crippen LogP contribution in [0, 0.1) is 6.92 Å². The Morgan fingerprint density at radius 3 is 2.78 bits per heavy atom. The minimum atomic E-state index is -0.634. The molecule has 2 amide bonds. The second-order valence-electron chi connectivity index (χ2n) is 5.81. The Bertz CT molecular complexity index is 604. The number of hydrogen-bond acceptors (Lipinski definition) is 3. The number of rotatable bonds is 3. The molecule has 1 aliphatic rings. The Morgan fingerprint density at radius 2 is 2.13 bits per heavy atom. The van der Waals surface area contributed by atoms with Crippen LogP contribution in [0.4, 0.5) is 5.69 Å². The number of nitrogens with one attached hydrogen (secondary N) is 1. The molecule has 5 nitrogen and oxygen atoms in total. The highest BCUT2D eigenvalue weighted by Gasteiger charge is 2.30. The van der Waals surface area contributed by atoms with E-state index in [0.29, 0.717) is 23.0 Å². The molecule has 1 saturated heterocycles. The van der Waals surface area contributed by atoms with Crippen molar-refractivity contribution in [3.05, 3.63) is 22.7 Å². The summed E-state index contributed by atoms with van der Waals surface area (Å²) in [6.07, 6.45) is 3.87. The molecule has 0 bridgehead atoms. The van der Waals surface area contributed by atoms with E-state index in [-0.39, 0.29) is 6.04 Å². The monoisotopic (exact) mass is 338 g/mol. The Morgan fingerprint density at radius 1 is 1.39 bits per heavy atom. The normalized spacial score (nSPS) is 17.7. The summed E-state index contributed by atoms with van der Waals surface area (Å²) < 4.78 is 5.23. The molecule has 0 spiro atoms. The number of nitrogens with zero attached hydrogens (tertiary/aromatic N) is 1. The molecular formula is C17H23ClN2O3. The summed E-state index contributed by atoms with van der Waals surface area (Å²) in [5.74, 6) is -0.677. The summed E-state index contributed by atoms with van der Waals surface area (Å²) in [7, 11) is 1.50. The van der Waals surface area contributed by atoms with E-state index in [1.165, 1.54) is 7.11 Å².